The quantitative estimate of drug-likeness (QED) is 0.429. The van der Waals surface area contributed by atoms with Gasteiger partial charge in [0.05, 0.1) is 6.21 Å². The second-order valence-corrected chi connectivity index (χ2v) is 6.57. The molecule has 0 amide bonds. The van der Waals surface area contributed by atoms with Gasteiger partial charge in [0.2, 0.25) is 5.95 Å². The summed E-state index contributed by atoms with van der Waals surface area (Å²) in [6.07, 6.45) is 2.21. The minimum atomic E-state index is -0.530. The van der Waals surface area contributed by atoms with Crippen molar-refractivity contribution in [1.29, 1.82) is 0 Å². The normalized spacial score (nSPS) is 11.5. The first kappa shape index (κ1) is 17.9. The number of imidazole rings is 1. The third-order valence-corrected chi connectivity index (χ3v) is 4.31. The Bertz CT molecular complexity index is 1110. The van der Waals surface area contributed by atoms with Crippen LogP contribution in [0.5, 0.6) is 5.75 Å². The van der Waals surface area contributed by atoms with Crippen LogP contribution in [0, 0.1) is 0 Å². The molecule has 0 radical (unpaired) electrons. The summed E-state index contributed by atoms with van der Waals surface area (Å²) >= 11 is 3.33. The number of aromatic nitrogens is 4. The number of aryl methyl sites for hydroxylation is 2. The maximum absolute atomic E-state index is 12.2. The molecule has 0 unspecified atom stereocenters. The third kappa shape index (κ3) is 3.27. The highest BCUT2D eigenvalue weighted by Crippen LogP contribution is 2.20. The van der Waals surface area contributed by atoms with E-state index in [0.717, 1.165) is 10.9 Å². The van der Waals surface area contributed by atoms with Crippen molar-refractivity contribution in [2.24, 2.45) is 12.1 Å². The van der Waals surface area contributed by atoms with Gasteiger partial charge in [-0.05, 0) is 24.6 Å². The molecule has 0 saturated heterocycles. The summed E-state index contributed by atoms with van der Waals surface area (Å²) in [5.41, 5.74) is 2.84. The molecule has 3 aromatic rings. The zero-order valence-electron chi connectivity index (χ0n) is 14.2. The minimum Gasteiger partial charge on any atom is -0.507 e. The summed E-state index contributed by atoms with van der Waals surface area (Å²) in [6.45, 7) is 2.49. The molecule has 3 N–H and O–H groups in total. The van der Waals surface area contributed by atoms with Gasteiger partial charge < -0.3 is 9.67 Å². The smallest absolute Gasteiger partial charge is 0.329 e. The van der Waals surface area contributed by atoms with Crippen LogP contribution in [0.15, 0.2) is 37.4 Å². The Kier molecular flexibility index (Phi) is 4.94. The van der Waals surface area contributed by atoms with E-state index in [1.54, 1.807) is 22.8 Å². The number of rotatable bonds is 5. The minimum absolute atomic E-state index is 0.0830. The maximum atomic E-state index is 12.2. The van der Waals surface area contributed by atoms with Gasteiger partial charge in [-0.3, -0.25) is 14.3 Å². The van der Waals surface area contributed by atoms with E-state index >= 15 is 0 Å². The first-order valence-corrected chi connectivity index (χ1v) is 8.68. The molecule has 26 heavy (non-hydrogen) atoms. The van der Waals surface area contributed by atoms with E-state index in [0.29, 0.717) is 23.6 Å². The van der Waals surface area contributed by atoms with Crippen LogP contribution in [-0.4, -0.2) is 30.4 Å². The predicted molar refractivity (Wildman–Crippen MR) is 103 cm³/mol. The number of hydrogen-bond acceptors (Lipinski definition) is 6. The highest BCUT2D eigenvalue weighted by atomic mass is 79.9. The van der Waals surface area contributed by atoms with Crippen LogP contribution in [0.1, 0.15) is 18.9 Å². The van der Waals surface area contributed by atoms with Gasteiger partial charge in [-0.1, -0.05) is 22.9 Å². The van der Waals surface area contributed by atoms with Gasteiger partial charge in [-0.25, -0.2) is 10.2 Å². The number of nitrogens with one attached hydrogen (secondary N) is 2. The van der Waals surface area contributed by atoms with Crippen molar-refractivity contribution >= 4 is 39.3 Å². The van der Waals surface area contributed by atoms with E-state index < -0.39 is 11.2 Å². The molecule has 0 fully saturated rings. The number of benzene rings is 1. The van der Waals surface area contributed by atoms with E-state index in [-0.39, 0.29) is 11.4 Å². The van der Waals surface area contributed by atoms with Crippen molar-refractivity contribution in [2.45, 2.75) is 19.9 Å². The number of aromatic hydroxyl groups is 1. The SMILES string of the molecule is CCCn1c(N/N=C/c2cc(Br)ccc2O)nc2c1c(=O)[nH]c(=O)n2C. The lowest BCUT2D eigenvalue weighted by Crippen LogP contribution is -2.29. The molecular formula is C16H17BrN6O3. The van der Waals surface area contributed by atoms with Crippen molar-refractivity contribution in [3.05, 3.63) is 49.1 Å². The van der Waals surface area contributed by atoms with E-state index in [2.05, 4.69) is 36.4 Å². The predicted octanol–water partition coefficient (Wildman–Crippen LogP) is 1.75. The fourth-order valence-electron chi connectivity index (χ4n) is 2.55. The number of phenols is 1. The van der Waals surface area contributed by atoms with Crippen molar-refractivity contribution < 1.29 is 5.11 Å². The molecule has 0 bridgehead atoms. The summed E-state index contributed by atoms with van der Waals surface area (Å²) in [5, 5.41) is 13.9. The van der Waals surface area contributed by atoms with Crippen molar-refractivity contribution in [3.8, 4) is 5.75 Å². The zero-order valence-corrected chi connectivity index (χ0v) is 15.7. The number of aromatic amines is 1. The highest BCUT2D eigenvalue weighted by Gasteiger charge is 2.16. The Morgan fingerprint density at radius 3 is 2.92 bits per heavy atom. The van der Waals surface area contributed by atoms with E-state index in [4.69, 9.17) is 0 Å². The highest BCUT2D eigenvalue weighted by molar-refractivity contribution is 9.10. The van der Waals surface area contributed by atoms with Crippen LogP contribution in [-0.2, 0) is 13.6 Å². The van der Waals surface area contributed by atoms with Gasteiger partial charge >= 0.3 is 5.69 Å². The number of nitrogens with zero attached hydrogens (tertiary/aromatic N) is 4. The molecule has 0 spiro atoms. The Morgan fingerprint density at radius 1 is 1.42 bits per heavy atom. The second-order valence-electron chi connectivity index (χ2n) is 5.65. The molecule has 0 aliphatic heterocycles. The Labute approximate surface area is 156 Å². The van der Waals surface area contributed by atoms with Crippen LogP contribution in [0.3, 0.4) is 0 Å². The lowest BCUT2D eigenvalue weighted by molar-refractivity contribution is 0.474. The Hall–Kier alpha value is -2.88. The summed E-state index contributed by atoms with van der Waals surface area (Å²) in [7, 11) is 1.54. The van der Waals surface area contributed by atoms with Gasteiger partial charge in [0.1, 0.15) is 5.75 Å². The van der Waals surface area contributed by atoms with Crippen molar-refractivity contribution in [3.63, 3.8) is 0 Å². The van der Waals surface area contributed by atoms with Crippen LogP contribution in [0.4, 0.5) is 5.95 Å². The van der Waals surface area contributed by atoms with Crippen molar-refractivity contribution in [1.82, 2.24) is 19.1 Å². The number of fused-ring (bicyclic) bond motifs is 1. The average Bonchev–Trinajstić information content (AvgIpc) is 2.95. The monoisotopic (exact) mass is 420 g/mol. The molecule has 0 saturated carbocycles. The molecule has 3 rings (SSSR count). The molecule has 1 aromatic carbocycles. The van der Waals surface area contributed by atoms with E-state index in [1.807, 2.05) is 6.92 Å². The van der Waals surface area contributed by atoms with Gasteiger partial charge in [-0.2, -0.15) is 10.1 Å². The Balaban J connectivity index is 2.03. The van der Waals surface area contributed by atoms with E-state index in [1.165, 1.54) is 17.8 Å². The summed E-state index contributed by atoms with van der Waals surface area (Å²) in [5.74, 6) is 0.416. The molecule has 0 aliphatic carbocycles. The van der Waals surface area contributed by atoms with Gasteiger partial charge in [0.25, 0.3) is 5.56 Å². The molecule has 9 nitrogen and oxygen atoms in total. The lowest BCUT2D eigenvalue weighted by Gasteiger charge is -2.06. The van der Waals surface area contributed by atoms with Gasteiger partial charge in [0.15, 0.2) is 11.2 Å². The number of hydrazone groups is 1. The second kappa shape index (κ2) is 7.16. The van der Waals surface area contributed by atoms with Gasteiger partial charge in [-0.15, -0.1) is 0 Å². The molecule has 10 heteroatoms. The molecule has 0 atom stereocenters. The zero-order chi connectivity index (χ0) is 18.8. The van der Waals surface area contributed by atoms with Crippen molar-refractivity contribution in [2.75, 3.05) is 5.43 Å². The number of anilines is 1. The molecule has 2 heterocycles. The molecule has 136 valence electrons. The number of hydrogen-bond donors (Lipinski definition) is 3. The van der Waals surface area contributed by atoms with Crippen LogP contribution in [0.2, 0.25) is 0 Å². The first-order chi connectivity index (χ1) is 12.4. The topological polar surface area (TPSA) is 117 Å². The fraction of sp³-hybridized carbons (Fsp3) is 0.250. The third-order valence-electron chi connectivity index (χ3n) is 3.81. The lowest BCUT2D eigenvalue weighted by atomic mass is 10.2. The average molecular weight is 421 g/mol. The molecule has 0 aliphatic rings. The fourth-order valence-corrected chi connectivity index (χ4v) is 2.93. The number of phenolic OH excluding ortho intramolecular Hbond substituents is 1. The largest absolute Gasteiger partial charge is 0.507 e. The summed E-state index contributed by atoms with van der Waals surface area (Å²) < 4.78 is 3.75. The summed E-state index contributed by atoms with van der Waals surface area (Å²) in [6, 6.07) is 4.98. The Morgan fingerprint density at radius 2 is 2.19 bits per heavy atom. The number of halogens is 1. The molecular weight excluding hydrogens is 404 g/mol. The first-order valence-electron chi connectivity index (χ1n) is 7.89. The van der Waals surface area contributed by atoms with Crippen LogP contribution >= 0.6 is 15.9 Å². The van der Waals surface area contributed by atoms with E-state index in [9.17, 15) is 14.7 Å². The standard InChI is InChI=1S/C16H17BrN6O3/c1-3-6-23-12-13(22(2)16(26)20-14(12)25)19-15(23)21-18-8-9-7-10(17)4-5-11(9)24/h4-5,7-8,24H,3,6H2,1-2H3,(H,19,21)(H,20,25,26)/b18-8+. The maximum Gasteiger partial charge on any atom is 0.329 e. The van der Waals surface area contributed by atoms with Gasteiger partial charge in [0, 0.05) is 23.6 Å². The van der Waals surface area contributed by atoms with Crippen LogP contribution < -0.4 is 16.7 Å². The van der Waals surface area contributed by atoms with Crippen LogP contribution in [0.25, 0.3) is 11.2 Å². The summed E-state index contributed by atoms with van der Waals surface area (Å²) in [4.78, 5) is 30.6. The number of H-pyrrole nitrogens is 1. The molecule has 2 aromatic heterocycles.